The molecule has 4 N–H and O–H groups in total. The van der Waals surface area contributed by atoms with E-state index in [1.54, 1.807) is 25.1 Å². The maximum atomic E-state index is 14.1. The third-order valence-electron chi connectivity index (χ3n) is 13.2. The summed E-state index contributed by atoms with van der Waals surface area (Å²) in [5, 5.41) is 31.1. The third-order valence-corrected chi connectivity index (χ3v) is 13.2. The molecule has 6 rings (SSSR count). The van der Waals surface area contributed by atoms with Crippen LogP contribution in [0.5, 0.6) is 11.5 Å². The Kier molecular flexibility index (Phi) is 14.3. The van der Waals surface area contributed by atoms with E-state index in [-0.39, 0.29) is 62.9 Å². The van der Waals surface area contributed by atoms with Crippen molar-refractivity contribution in [2.75, 3.05) is 13.2 Å². The molecule has 2 aliphatic rings. The van der Waals surface area contributed by atoms with Gasteiger partial charge in [-0.3, -0.25) is 10.1 Å². The van der Waals surface area contributed by atoms with Crippen LogP contribution in [0.25, 0.3) is 21.5 Å². The number of benzene rings is 4. The van der Waals surface area contributed by atoms with Gasteiger partial charge in [0.2, 0.25) is 0 Å². The van der Waals surface area contributed by atoms with Crippen LogP contribution in [0.2, 0.25) is 0 Å². The van der Waals surface area contributed by atoms with Crippen molar-refractivity contribution >= 4 is 21.5 Å². The fourth-order valence-electron chi connectivity index (χ4n) is 8.89. The van der Waals surface area contributed by atoms with E-state index in [9.17, 15) is 46.7 Å². The molecule has 0 aliphatic heterocycles. The molecule has 2 fully saturated rings. The fourth-order valence-corrected chi connectivity index (χ4v) is 8.89. The normalized spacial score (nSPS) is 22.3. The van der Waals surface area contributed by atoms with Crippen LogP contribution in [0.4, 0.5) is 26.3 Å². The molecule has 0 bridgehead atoms. The molecule has 0 spiro atoms. The lowest BCUT2D eigenvalue weighted by Crippen LogP contribution is -2.36. The Bertz CT molecular complexity index is 2190. The summed E-state index contributed by atoms with van der Waals surface area (Å²) >= 11 is 0. The molecule has 0 radical (unpaired) electrons. The van der Waals surface area contributed by atoms with Crippen LogP contribution in [0.1, 0.15) is 129 Å². The Balaban J connectivity index is 0.000000235. The number of rotatable bonds is 9. The van der Waals surface area contributed by atoms with E-state index in [0.717, 1.165) is 38.5 Å². The van der Waals surface area contributed by atoms with E-state index in [1.165, 1.54) is 49.4 Å². The third kappa shape index (κ3) is 11.0. The zero-order valence-corrected chi connectivity index (χ0v) is 37.0. The van der Waals surface area contributed by atoms with Gasteiger partial charge >= 0.3 is 12.4 Å². The minimum atomic E-state index is -4.65. The molecule has 2 unspecified atom stereocenters. The van der Waals surface area contributed by atoms with Crippen LogP contribution in [-0.2, 0) is 23.4 Å². The van der Waals surface area contributed by atoms with E-state index in [2.05, 4.69) is 41.5 Å². The van der Waals surface area contributed by atoms with Crippen molar-refractivity contribution in [1.29, 1.82) is 0 Å². The topological polar surface area (TPSA) is 128 Å². The van der Waals surface area contributed by atoms with Gasteiger partial charge < -0.3 is 25.4 Å². The van der Waals surface area contributed by atoms with Crippen molar-refractivity contribution in [2.45, 2.75) is 142 Å². The van der Waals surface area contributed by atoms with Gasteiger partial charge in [0, 0.05) is 17.4 Å². The molecule has 2 saturated carbocycles. The Hall–Kier alpha value is -4.14. The molecular formula is C48H62F6N2O6. The molecule has 14 heteroatoms. The molecule has 4 aromatic rings. The van der Waals surface area contributed by atoms with Crippen molar-refractivity contribution in [3.8, 4) is 11.5 Å². The van der Waals surface area contributed by atoms with Gasteiger partial charge in [-0.2, -0.15) is 26.3 Å². The van der Waals surface area contributed by atoms with Gasteiger partial charge in [-0.05, 0) is 132 Å². The van der Waals surface area contributed by atoms with Crippen LogP contribution in [-0.4, -0.2) is 40.6 Å². The first kappa shape index (κ1) is 48.9. The van der Waals surface area contributed by atoms with E-state index in [0.29, 0.717) is 35.6 Å². The van der Waals surface area contributed by atoms with E-state index in [1.807, 2.05) is 0 Å². The lowest BCUT2D eigenvalue weighted by Gasteiger charge is -2.37. The standard InChI is InChI=1S/C24H30F3NO4.C24H32F3NO2/c1-22(2,3)16-6-9-18(10-7-16)32-20-12-5-15-13-17(23(4,14-29)28(30)31)8-11-19(15)21(20)24(25,26)27;1-22(2,3)16-6-9-18(10-7-16)30-20-12-5-15-13-17(23(4,28)14-29)8-11-19(15)21(20)24(25,26)27/h5,8,11-13,16,18,29H,6-7,9-10,14H2,1-4H3;5,8,11-13,16,18,29H,6-7,9-10,14,28H2,1-4H3/t2*16-,18-,23?. The second-order valence-electron chi connectivity index (χ2n) is 19.9. The molecule has 62 heavy (non-hydrogen) atoms. The Morgan fingerprint density at radius 1 is 0.597 bits per heavy atom. The van der Waals surface area contributed by atoms with Gasteiger partial charge in [-0.1, -0.05) is 77.9 Å². The van der Waals surface area contributed by atoms with Crippen LogP contribution in [0, 0.1) is 32.8 Å². The van der Waals surface area contributed by atoms with Crippen molar-refractivity contribution in [2.24, 2.45) is 28.4 Å². The highest BCUT2D eigenvalue weighted by molar-refractivity contribution is 5.90. The fraction of sp³-hybridized carbons (Fsp3) is 0.583. The summed E-state index contributed by atoms with van der Waals surface area (Å²) in [5.74, 6) is 0.754. The zero-order valence-electron chi connectivity index (χ0n) is 37.0. The first-order valence-corrected chi connectivity index (χ1v) is 21.4. The van der Waals surface area contributed by atoms with Crippen molar-refractivity contribution < 1.29 is 51.0 Å². The minimum Gasteiger partial charge on any atom is -0.490 e. The highest BCUT2D eigenvalue weighted by Gasteiger charge is 2.42. The number of ether oxygens (including phenoxy) is 2. The summed E-state index contributed by atoms with van der Waals surface area (Å²) < 4.78 is 96.0. The SMILES string of the molecule is CC(CO)(c1ccc2c(C(F)(F)F)c(O[C@H]3CC[C@H](C(C)(C)C)CC3)ccc2c1)[N+](=O)[O-].CC(N)(CO)c1ccc2c(C(F)(F)F)c(O[C@H]3CC[C@H](C(C)(C)C)CC3)ccc2c1. The maximum absolute atomic E-state index is 14.1. The number of nitro groups is 1. The number of halogens is 6. The average molecular weight is 877 g/mol. The molecule has 2 atom stereocenters. The number of fused-ring (bicyclic) bond motifs is 2. The van der Waals surface area contributed by atoms with Crippen molar-refractivity contribution in [3.63, 3.8) is 0 Å². The second-order valence-corrected chi connectivity index (χ2v) is 19.9. The molecular weight excluding hydrogens is 815 g/mol. The molecule has 0 aromatic heterocycles. The van der Waals surface area contributed by atoms with Gasteiger partial charge in [0.25, 0.3) is 5.54 Å². The quantitative estimate of drug-likeness (QED) is 0.0868. The summed E-state index contributed by atoms with van der Waals surface area (Å²) in [7, 11) is 0. The Morgan fingerprint density at radius 2 is 0.968 bits per heavy atom. The van der Waals surface area contributed by atoms with E-state index < -0.39 is 46.1 Å². The van der Waals surface area contributed by atoms with Gasteiger partial charge in [0.05, 0.1) is 24.4 Å². The summed E-state index contributed by atoms with van der Waals surface area (Å²) in [6.07, 6.45) is -3.00. The summed E-state index contributed by atoms with van der Waals surface area (Å²) in [6.45, 7) is 15.0. The van der Waals surface area contributed by atoms with Gasteiger partial charge in [-0.25, -0.2) is 0 Å². The number of alkyl halides is 6. The molecule has 4 aromatic carbocycles. The predicted octanol–water partition coefficient (Wildman–Crippen LogP) is 12.3. The predicted molar refractivity (Wildman–Crippen MR) is 230 cm³/mol. The van der Waals surface area contributed by atoms with Crippen LogP contribution < -0.4 is 15.2 Å². The van der Waals surface area contributed by atoms with Gasteiger partial charge in [0.1, 0.15) is 29.2 Å². The molecule has 2 aliphatic carbocycles. The zero-order chi connectivity index (χ0) is 46.2. The van der Waals surface area contributed by atoms with Gasteiger partial charge in [0.15, 0.2) is 0 Å². The first-order valence-electron chi connectivity index (χ1n) is 21.4. The average Bonchev–Trinajstić information content (AvgIpc) is 3.18. The van der Waals surface area contributed by atoms with Crippen LogP contribution in [0.3, 0.4) is 0 Å². The summed E-state index contributed by atoms with van der Waals surface area (Å²) in [5.41, 5.74) is 2.71. The van der Waals surface area contributed by atoms with Crippen molar-refractivity contribution in [3.05, 3.63) is 93.0 Å². The van der Waals surface area contributed by atoms with Gasteiger partial charge in [-0.15, -0.1) is 0 Å². The number of nitrogens with two attached hydrogens (primary N) is 1. The van der Waals surface area contributed by atoms with Crippen LogP contribution >= 0.6 is 0 Å². The highest BCUT2D eigenvalue weighted by Crippen LogP contribution is 2.46. The molecule has 8 nitrogen and oxygen atoms in total. The first-order chi connectivity index (χ1) is 28.6. The Labute approximate surface area is 360 Å². The van der Waals surface area contributed by atoms with Crippen molar-refractivity contribution in [1.82, 2.24) is 0 Å². The molecule has 0 heterocycles. The molecule has 342 valence electrons. The lowest BCUT2D eigenvalue weighted by molar-refractivity contribution is -0.578. The monoisotopic (exact) mass is 876 g/mol. The summed E-state index contributed by atoms with van der Waals surface area (Å²) in [6, 6.07) is 14.3. The molecule has 0 amide bonds. The largest absolute Gasteiger partial charge is 0.490 e. The smallest absolute Gasteiger partial charge is 0.420 e. The maximum Gasteiger partial charge on any atom is 0.420 e. The number of aliphatic hydroxyl groups excluding tert-OH is 2. The Morgan fingerprint density at radius 3 is 1.29 bits per heavy atom. The highest BCUT2D eigenvalue weighted by atomic mass is 19.4. The van der Waals surface area contributed by atoms with Crippen LogP contribution in [0.15, 0.2) is 60.7 Å². The number of nitrogens with zero attached hydrogens (tertiary/aromatic N) is 1. The summed E-state index contributed by atoms with van der Waals surface area (Å²) in [4.78, 5) is 10.8. The minimum absolute atomic E-state index is 0.0780. The number of hydrogen-bond donors (Lipinski definition) is 3. The lowest BCUT2D eigenvalue weighted by atomic mass is 9.72. The van der Waals surface area contributed by atoms with E-state index >= 15 is 0 Å². The molecule has 0 saturated heterocycles. The second kappa shape index (κ2) is 18.2. The number of aliphatic hydroxyl groups is 2. The number of hydrogen-bond acceptors (Lipinski definition) is 7. The van der Waals surface area contributed by atoms with E-state index in [4.69, 9.17) is 15.2 Å².